The highest BCUT2D eigenvalue weighted by Crippen LogP contribution is 2.31. The van der Waals surface area contributed by atoms with Crippen molar-refractivity contribution in [3.8, 4) is 0 Å². The van der Waals surface area contributed by atoms with Gasteiger partial charge in [0.1, 0.15) is 11.6 Å². The second kappa shape index (κ2) is 5.57. The van der Waals surface area contributed by atoms with Crippen molar-refractivity contribution in [2.75, 3.05) is 0 Å². The SMILES string of the molecule is Cc1cc(C(N)c2cc(Br)ccc2Cl)c(F)cc1F. The first-order chi connectivity index (χ1) is 8.90. The minimum Gasteiger partial charge on any atom is -0.320 e. The third kappa shape index (κ3) is 2.96. The Morgan fingerprint density at radius 3 is 2.47 bits per heavy atom. The van der Waals surface area contributed by atoms with Crippen molar-refractivity contribution in [2.45, 2.75) is 13.0 Å². The number of halogens is 4. The third-order valence-electron chi connectivity index (χ3n) is 2.91. The average Bonchev–Trinajstić information content (AvgIpc) is 2.36. The molecule has 0 bridgehead atoms. The number of nitrogens with two attached hydrogens (primary N) is 1. The molecular formula is C14H11BrClF2N. The van der Waals surface area contributed by atoms with Crippen LogP contribution < -0.4 is 5.73 Å². The van der Waals surface area contributed by atoms with Crippen LogP contribution in [0, 0.1) is 18.6 Å². The highest BCUT2D eigenvalue weighted by Gasteiger charge is 2.18. The summed E-state index contributed by atoms with van der Waals surface area (Å²) in [7, 11) is 0. The lowest BCUT2D eigenvalue weighted by Crippen LogP contribution is -2.15. The zero-order valence-electron chi connectivity index (χ0n) is 10.1. The molecule has 1 unspecified atom stereocenters. The molecule has 0 aliphatic carbocycles. The molecule has 19 heavy (non-hydrogen) atoms. The van der Waals surface area contributed by atoms with Gasteiger partial charge in [0, 0.05) is 21.1 Å². The van der Waals surface area contributed by atoms with Gasteiger partial charge in [-0.15, -0.1) is 0 Å². The zero-order chi connectivity index (χ0) is 14.2. The highest BCUT2D eigenvalue weighted by atomic mass is 79.9. The van der Waals surface area contributed by atoms with Crippen molar-refractivity contribution in [2.24, 2.45) is 5.73 Å². The van der Waals surface area contributed by atoms with Crippen LogP contribution in [-0.4, -0.2) is 0 Å². The van der Waals surface area contributed by atoms with E-state index < -0.39 is 17.7 Å². The Kier molecular flexibility index (Phi) is 4.23. The molecule has 100 valence electrons. The van der Waals surface area contributed by atoms with Crippen LogP contribution in [0.1, 0.15) is 22.7 Å². The van der Waals surface area contributed by atoms with Crippen LogP contribution in [-0.2, 0) is 0 Å². The molecule has 5 heteroatoms. The lowest BCUT2D eigenvalue weighted by molar-refractivity contribution is 0.561. The predicted octanol–water partition coefficient (Wildman–Crippen LogP) is 4.74. The Morgan fingerprint density at radius 1 is 1.11 bits per heavy atom. The highest BCUT2D eigenvalue weighted by molar-refractivity contribution is 9.10. The van der Waals surface area contributed by atoms with E-state index in [1.807, 2.05) is 0 Å². The van der Waals surface area contributed by atoms with E-state index in [2.05, 4.69) is 15.9 Å². The molecule has 0 aromatic heterocycles. The summed E-state index contributed by atoms with van der Waals surface area (Å²) in [4.78, 5) is 0. The monoisotopic (exact) mass is 345 g/mol. The molecule has 0 amide bonds. The number of rotatable bonds is 2. The first kappa shape index (κ1) is 14.4. The molecule has 1 nitrogen and oxygen atoms in total. The normalized spacial score (nSPS) is 12.5. The van der Waals surface area contributed by atoms with Crippen LogP contribution in [0.15, 0.2) is 34.8 Å². The average molecular weight is 347 g/mol. The smallest absolute Gasteiger partial charge is 0.131 e. The number of aryl methyl sites for hydroxylation is 1. The summed E-state index contributed by atoms with van der Waals surface area (Å²) in [5, 5.41) is 0.442. The van der Waals surface area contributed by atoms with Crippen molar-refractivity contribution >= 4 is 27.5 Å². The Balaban J connectivity index is 2.52. The summed E-state index contributed by atoms with van der Waals surface area (Å²) in [6.45, 7) is 1.56. The lowest BCUT2D eigenvalue weighted by Gasteiger charge is -2.16. The largest absolute Gasteiger partial charge is 0.320 e. The van der Waals surface area contributed by atoms with E-state index >= 15 is 0 Å². The van der Waals surface area contributed by atoms with Gasteiger partial charge in [-0.1, -0.05) is 27.5 Å². The summed E-state index contributed by atoms with van der Waals surface area (Å²) >= 11 is 9.38. The van der Waals surface area contributed by atoms with Crippen LogP contribution in [0.25, 0.3) is 0 Å². The van der Waals surface area contributed by atoms with Gasteiger partial charge in [0.15, 0.2) is 0 Å². The summed E-state index contributed by atoms with van der Waals surface area (Å²) in [5.41, 5.74) is 7.19. The van der Waals surface area contributed by atoms with Crippen molar-refractivity contribution in [3.63, 3.8) is 0 Å². The van der Waals surface area contributed by atoms with Crippen molar-refractivity contribution in [1.82, 2.24) is 0 Å². The Hall–Kier alpha value is -0.970. The molecule has 0 saturated heterocycles. The second-order valence-electron chi connectivity index (χ2n) is 4.27. The Bertz CT molecular complexity index is 631. The molecule has 1 atom stereocenters. The standard InChI is InChI=1S/C14H11BrClF2N/c1-7-4-10(13(18)6-12(7)17)14(19)9-5-8(15)2-3-11(9)16/h2-6,14H,19H2,1H3. The van der Waals surface area contributed by atoms with Crippen molar-refractivity contribution < 1.29 is 8.78 Å². The first-order valence-electron chi connectivity index (χ1n) is 5.56. The van der Waals surface area contributed by atoms with Crippen molar-refractivity contribution in [1.29, 1.82) is 0 Å². The first-order valence-corrected chi connectivity index (χ1v) is 6.73. The fourth-order valence-electron chi connectivity index (χ4n) is 1.84. The maximum atomic E-state index is 13.8. The summed E-state index contributed by atoms with van der Waals surface area (Å²) < 4.78 is 27.9. The van der Waals surface area contributed by atoms with Gasteiger partial charge in [-0.2, -0.15) is 0 Å². The molecule has 0 radical (unpaired) electrons. The molecule has 0 fully saturated rings. The molecule has 2 aromatic carbocycles. The molecule has 0 aliphatic heterocycles. The molecule has 0 aliphatic rings. The van der Waals surface area contributed by atoms with Gasteiger partial charge in [0.2, 0.25) is 0 Å². The fraction of sp³-hybridized carbons (Fsp3) is 0.143. The third-order valence-corrected chi connectivity index (χ3v) is 3.74. The van der Waals surface area contributed by atoms with Crippen LogP contribution in [0.3, 0.4) is 0 Å². The van der Waals surface area contributed by atoms with E-state index in [4.69, 9.17) is 17.3 Å². The quantitative estimate of drug-likeness (QED) is 0.835. The summed E-state index contributed by atoms with van der Waals surface area (Å²) in [6, 6.07) is 6.68. The van der Waals surface area contributed by atoms with E-state index in [-0.39, 0.29) is 5.56 Å². The minimum atomic E-state index is -0.746. The van der Waals surface area contributed by atoms with E-state index in [0.29, 0.717) is 16.1 Å². The second-order valence-corrected chi connectivity index (χ2v) is 5.59. The van der Waals surface area contributed by atoms with Gasteiger partial charge in [-0.25, -0.2) is 8.78 Å². The lowest BCUT2D eigenvalue weighted by atomic mass is 9.97. The van der Waals surface area contributed by atoms with Gasteiger partial charge in [-0.05, 0) is 42.3 Å². The van der Waals surface area contributed by atoms with Crippen LogP contribution >= 0.6 is 27.5 Å². The topological polar surface area (TPSA) is 26.0 Å². The predicted molar refractivity (Wildman–Crippen MR) is 76.3 cm³/mol. The van der Waals surface area contributed by atoms with Gasteiger partial charge < -0.3 is 5.73 Å². The maximum absolute atomic E-state index is 13.8. The van der Waals surface area contributed by atoms with E-state index in [0.717, 1.165) is 10.5 Å². The number of hydrogen-bond donors (Lipinski definition) is 1. The zero-order valence-corrected chi connectivity index (χ0v) is 12.4. The molecule has 0 saturated carbocycles. The molecule has 0 heterocycles. The molecular weight excluding hydrogens is 336 g/mol. The van der Waals surface area contributed by atoms with E-state index in [1.165, 1.54) is 6.07 Å². The van der Waals surface area contributed by atoms with Gasteiger partial charge in [-0.3, -0.25) is 0 Å². The fourth-order valence-corrected chi connectivity index (χ4v) is 2.45. The van der Waals surface area contributed by atoms with E-state index in [1.54, 1.807) is 25.1 Å². The molecule has 2 rings (SSSR count). The number of benzene rings is 2. The van der Waals surface area contributed by atoms with E-state index in [9.17, 15) is 8.78 Å². The Morgan fingerprint density at radius 2 is 1.79 bits per heavy atom. The minimum absolute atomic E-state index is 0.221. The van der Waals surface area contributed by atoms with Crippen molar-refractivity contribution in [3.05, 3.63) is 68.2 Å². The van der Waals surface area contributed by atoms with Crippen LogP contribution in [0.4, 0.5) is 8.78 Å². The van der Waals surface area contributed by atoms with Gasteiger partial charge in [0.05, 0.1) is 6.04 Å². The molecule has 0 spiro atoms. The van der Waals surface area contributed by atoms with Gasteiger partial charge in [0.25, 0.3) is 0 Å². The van der Waals surface area contributed by atoms with Crippen LogP contribution in [0.5, 0.6) is 0 Å². The van der Waals surface area contributed by atoms with Crippen LogP contribution in [0.2, 0.25) is 5.02 Å². The number of hydrogen-bond acceptors (Lipinski definition) is 1. The Labute approximate surface area is 123 Å². The molecule has 2 N–H and O–H groups in total. The summed E-state index contributed by atoms with van der Waals surface area (Å²) in [5.74, 6) is -1.26. The maximum Gasteiger partial charge on any atom is 0.131 e. The summed E-state index contributed by atoms with van der Waals surface area (Å²) in [6.07, 6.45) is 0. The molecule has 2 aromatic rings. The van der Waals surface area contributed by atoms with Gasteiger partial charge >= 0.3 is 0 Å².